The molecular weight excluding hydrogens is 360 g/mol. The summed E-state index contributed by atoms with van der Waals surface area (Å²) in [6.07, 6.45) is 2.27. The first-order valence-electron chi connectivity index (χ1n) is 6.14. The van der Waals surface area contributed by atoms with Gasteiger partial charge in [-0.25, -0.2) is 0 Å². The maximum Gasteiger partial charge on any atom is 0.133 e. The minimum absolute atomic E-state index is 0.282. The first-order valence-corrected chi connectivity index (χ1v) is 7.85. The molecule has 1 atom stereocenters. The highest BCUT2D eigenvalue weighted by atomic mass is 79.9. The van der Waals surface area contributed by atoms with Gasteiger partial charge in [-0.05, 0) is 34.0 Å². The number of hydrogen-bond donors (Lipinski definition) is 0. The lowest BCUT2D eigenvalue weighted by atomic mass is 9.94. The molecule has 0 aliphatic carbocycles. The zero-order valence-electron chi connectivity index (χ0n) is 11.3. The minimum atomic E-state index is 0.282. The van der Waals surface area contributed by atoms with Gasteiger partial charge in [-0.3, -0.25) is 0 Å². The summed E-state index contributed by atoms with van der Waals surface area (Å²) in [4.78, 5) is 0.282. The molecule has 0 aliphatic rings. The van der Waals surface area contributed by atoms with Crippen molar-refractivity contribution < 1.29 is 9.47 Å². The molecule has 0 saturated heterocycles. The topological polar surface area (TPSA) is 18.5 Å². The molecule has 0 spiro atoms. The second-order valence-electron chi connectivity index (χ2n) is 4.21. The molecule has 1 rings (SSSR count). The third-order valence-electron chi connectivity index (χ3n) is 3.26. The molecule has 0 bridgehead atoms. The minimum Gasteiger partial charge on any atom is -0.496 e. The molecule has 2 nitrogen and oxygen atoms in total. The summed E-state index contributed by atoms with van der Waals surface area (Å²) in [5, 5.41) is 0. The van der Waals surface area contributed by atoms with Gasteiger partial charge in [0.1, 0.15) is 11.5 Å². The maximum atomic E-state index is 5.47. The van der Waals surface area contributed by atoms with Crippen molar-refractivity contribution in [1.29, 1.82) is 0 Å². The number of methoxy groups -OCH3 is 2. The van der Waals surface area contributed by atoms with Gasteiger partial charge < -0.3 is 9.47 Å². The van der Waals surface area contributed by atoms with Crippen molar-refractivity contribution >= 4 is 31.9 Å². The lowest BCUT2D eigenvalue weighted by Gasteiger charge is -2.23. The molecule has 4 heteroatoms. The molecule has 0 aliphatic heterocycles. The first kappa shape index (κ1) is 15.8. The fraction of sp³-hybridized carbons (Fsp3) is 0.571. The fourth-order valence-corrected chi connectivity index (χ4v) is 3.65. The lowest BCUT2D eigenvalue weighted by Crippen LogP contribution is -2.07. The van der Waals surface area contributed by atoms with E-state index in [1.54, 1.807) is 14.2 Å². The molecule has 0 amide bonds. The van der Waals surface area contributed by atoms with Crippen molar-refractivity contribution in [3.63, 3.8) is 0 Å². The van der Waals surface area contributed by atoms with Gasteiger partial charge >= 0.3 is 0 Å². The lowest BCUT2D eigenvalue weighted by molar-refractivity contribution is 0.389. The number of ether oxygens (including phenoxy) is 2. The SMILES string of the molecule is CCC(CC)C(Br)c1cc(OC)c(Br)cc1OC. The van der Waals surface area contributed by atoms with Crippen LogP contribution in [-0.4, -0.2) is 14.2 Å². The molecule has 1 aromatic rings. The summed E-state index contributed by atoms with van der Waals surface area (Å²) in [6, 6.07) is 4.01. The van der Waals surface area contributed by atoms with E-state index in [1.807, 2.05) is 12.1 Å². The molecule has 0 saturated carbocycles. The Labute approximate surface area is 126 Å². The first-order chi connectivity index (χ1) is 8.58. The second kappa shape index (κ2) is 7.39. The van der Waals surface area contributed by atoms with E-state index in [1.165, 1.54) is 0 Å². The molecule has 0 heterocycles. The van der Waals surface area contributed by atoms with Crippen LogP contribution in [0, 0.1) is 5.92 Å². The molecule has 0 N–H and O–H groups in total. The van der Waals surface area contributed by atoms with Crippen LogP contribution in [-0.2, 0) is 0 Å². The maximum absolute atomic E-state index is 5.47. The van der Waals surface area contributed by atoms with Crippen molar-refractivity contribution in [2.75, 3.05) is 14.2 Å². The van der Waals surface area contributed by atoms with E-state index in [4.69, 9.17) is 9.47 Å². The van der Waals surface area contributed by atoms with E-state index in [2.05, 4.69) is 45.7 Å². The number of hydrogen-bond acceptors (Lipinski definition) is 2. The van der Waals surface area contributed by atoms with Gasteiger partial charge in [0, 0.05) is 10.4 Å². The predicted octanol–water partition coefficient (Wildman–Crippen LogP) is 5.34. The van der Waals surface area contributed by atoms with Gasteiger partial charge in [0.05, 0.1) is 18.7 Å². The Hall–Kier alpha value is -0.220. The van der Waals surface area contributed by atoms with E-state index in [0.717, 1.165) is 34.4 Å². The van der Waals surface area contributed by atoms with Gasteiger partial charge in [0.25, 0.3) is 0 Å². The van der Waals surface area contributed by atoms with Gasteiger partial charge in [0.2, 0.25) is 0 Å². The summed E-state index contributed by atoms with van der Waals surface area (Å²) >= 11 is 7.28. The van der Waals surface area contributed by atoms with Crippen LogP contribution < -0.4 is 9.47 Å². The smallest absolute Gasteiger partial charge is 0.133 e. The normalized spacial score (nSPS) is 12.6. The number of benzene rings is 1. The van der Waals surface area contributed by atoms with Gasteiger partial charge in [-0.15, -0.1) is 0 Å². The van der Waals surface area contributed by atoms with Crippen LogP contribution in [0.2, 0.25) is 0 Å². The summed E-state index contributed by atoms with van der Waals surface area (Å²) in [7, 11) is 3.38. The third kappa shape index (κ3) is 3.41. The molecule has 1 unspecified atom stereocenters. The highest BCUT2D eigenvalue weighted by molar-refractivity contribution is 9.10. The van der Waals surface area contributed by atoms with E-state index < -0.39 is 0 Å². The Bertz CT molecular complexity index is 390. The van der Waals surface area contributed by atoms with E-state index in [0.29, 0.717) is 5.92 Å². The van der Waals surface area contributed by atoms with Crippen LogP contribution in [0.4, 0.5) is 0 Å². The van der Waals surface area contributed by atoms with E-state index in [9.17, 15) is 0 Å². The van der Waals surface area contributed by atoms with Crippen LogP contribution in [0.5, 0.6) is 11.5 Å². The molecule has 0 aromatic heterocycles. The Kier molecular flexibility index (Phi) is 6.50. The Morgan fingerprint density at radius 3 is 2.06 bits per heavy atom. The summed E-state index contributed by atoms with van der Waals surface area (Å²) in [5.74, 6) is 2.31. The second-order valence-corrected chi connectivity index (χ2v) is 6.05. The quantitative estimate of drug-likeness (QED) is 0.621. The van der Waals surface area contributed by atoms with Crippen molar-refractivity contribution in [2.24, 2.45) is 5.92 Å². The monoisotopic (exact) mass is 378 g/mol. The van der Waals surface area contributed by atoms with Crippen LogP contribution >= 0.6 is 31.9 Å². The average molecular weight is 380 g/mol. The Morgan fingerprint density at radius 2 is 1.61 bits per heavy atom. The van der Waals surface area contributed by atoms with Crippen molar-refractivity contribution in [3.05, 3.63) is 22.2 Å². The highest BCUT2D eigenvalue weighted by Gasteiger charge is 2.22. The zero-order chi connectivity index (χ0) is 13.7. The highest BCUT2D eigenvalue weighted by Crippen LogP contribution is 2.43. The van der Waals surface area contributed by atoms with Crippen molar-refractivity contribution in [3.8, 4) is 11.5 Å². The van der Waals surface area contributed by atoms with Crippen LogP contribution in [0.15, 0.2) is 16.6 Å². The van der Waals surface area contributed by atoms with Crippen LogP contribution in [0.1, 0.15) is 37.1 Å². The van der Waals surface area contributed by atoms with Gasteiger partial charge in [0.15, 0.2) is 0 Å². The average Bonchev–Trinajstić information content (AvgIpc) is 2.39. The largest absolute Gasteiger partial charge is 0.496 e. The summed E-state index contributed by atoms with van der Waals surface area (Å²) in [6.45, 7) is 4.43. The molecule has 1 aromatic carbocycles. The van der Waals surface area contributed by atoms with Crippen LogP contribution in [0.3, 0.4) is 0 Å². The van der Waals surface area contributed by atoms with Gasteiger partial charge in [-0.1, -0.05) is 42.6 Å². The Balaban J connectivity index is 3.20. The van der Waals surface area contributed by atoms with E-state index in [-0.39, 0.29) is 4.83 Å². The van der Waals surface area contributed by atoms with Crippen molar-refractivity contribution in [1.82, 2.24) is 0 Å². The van der Waals surface area contributed by atoms with Crippen LogP contribution in [0.25, 0.3) is 0 Å². The predicted molar refractivity (Wildman–Crippen MR) is 83.0 cm³/mol. The summed E-state index contributed by atoms with van der Waals surface area (Å²) < 4.78 is 11.7. The molecule has 18 heavy (non-hydrogen) atoms. The third-order valence-corrected chi connectivity index (χ3v) is 5.12. The molecular formula is C14H20Br2O2. The number of halogens is 2. The molecule has 102 valence electrons. The number of alkyl halides is 1. The fourth-order valence-electron chi connectivity index (χ4n) is 2.06. The standard InChI is InChI=1S/C14H20Br2O2/c1-5-9(6-2)14(16)10-7-13(18-4)11(15)8-12(10)17-3/h7-9,14H,5-6H2,1-4H3. The van der Waals surface area contributed by atoms with Gasteiger partial charge in [-0.2, -0.15) is 0 Å². The Morgan fingerprint density at radius 1 is 1.06 bits per heavy atom. The summed E-state index contributed by atoms with van der Waals surface area (Å²) in [5.41, 5.74) is 1.14. The number of rotatable bonds is 6. The zero-order valence-corrected chi connectivity index (χ0v) is 14.5. The van der Waals surface area contributed by atoms with E-state index >= 15 is 0 Å². The molecule has 0 fully saturated rings. The molecule has 0 radical (unpaired) electrons. The van der Waals surface area contributed by atoms with Crippen molar-refractivity contribution in [2.45, 2.75) is 31.5 Å².